The summed E-state index contributed by atoms with van der Waals surface area (Å²) in [5, 5.41) is 0. The Bertz CT molecular complexity index is 1030. The van der Waals surface area contributed by atoms with E-state index in [9.17, 15) is 14.3 Å². The number of esters is 1. The van der Waals surface area contributed by atoms with Gasteiger partial charge in [-0.15, -0.1) is 0 Å². The molecule has 0 saturated heterocycles. The van der Waals surface area contributed by atoms with Crippen molar-refractivity contribution in [2.24, 2.45) is 5.73 Å². The maximum absolute atomic E-state index is 12.7. The van der Waals surface area contributed by atoms with Gasteiger partial charge in [0.1, 0.15) is 6.10 Å². The Kier molecular flexibility index (Phi) is 58.0. The summed E-state index contributed by atoms with van der Waals surface area (Å²) in [5.74, 6) is -0.318. The van der Waals surface area contributed by atoms with E-state index in [0.29, 0.717) is 13.0 Å². The Morgan fingerprint density at radius 2 is 0.638 bits per heavy atom. The summed E-state index contributed by atoms with van der Waals surface area (Å²) in [6.07, 6.45) is 67.5. The molecule has 0 aromatic rings. The molecule has 2 atom stereocenters. The van der Waals surface area contributed by atoms with Crippen molar-refractivity contribution in [3.63, 3.8) is 0 Å². The van der Waals surface area contributed by atoms with Crippen LogP contribution in [0.1, 0.15) is 341 Å². The van der Waals surface area contributed by atoms with Gasteiger partial charge in [0.15, 0.2) is 0 Å². The van der Waals surface area contributed by atoms with E-state index < -0.39 is 13.9 Å². The van der Waals surface area contributed by atoms with Crippen LogP contribution < -0.4 is 5.73 Å². The van der Waals surface area contributed by atoms with Crippen molar-refractivity contribution in [2.45, 2.75) is 347 Å². The van der Waals surface area contributed by atoms with Crippen LogP contribution in [0.15, 0.2) is 0 Å². The number of ether oxygens (including phenoxy) is 2. The van der Waals surface area contributed by atoms with Gasteiger partial charge in [-0.1, -0.05) is 322 Å². The predicted molar refractivity (Wildman–Crippen MR) is 298 cm³/mol. The molecule has 0 fully saturated rings. The molecule has 0 rings (SSSR count). The van der Waals surface area contributed by atoms with Crippen molar-refractivity contribution in [3.8, 4) is 0 Å². The number of nitrogens with two attached hydrogens (primary N) is 1. The van der Waals surface area contributed by atoms with E-state index in [1.807, 2.05) is 0 Å². The van der Waals surface area contributed by atoms with E-state index in [-0.39, 0.29) is 32.3 Å². The number of hydrogen-bond acceptors (Lipinski definition) is 7. The first-order valence-corrected chi connectivity index (χ1v) is 32.5. The molecule has 0 aliphatic carbocycles. The summed E-state index contributed by atoms with van der Waals surface area (Å²) in [7, 11) is -4.28. The van der Waals surface area contributed by atoms with Crippen LogP contribution in [0.5, 0.6) is 0 Å². The van der Waals surface area contributed by atoms with Gasteiger partial charge < -0.3 is 20.1 Å². The Hall–Kier alpha value is -0.500. The first-order valence-electron chi connectivity index (χ1n) is 31.0. The summed E-state index contributed by atoms with van der Waals surface area (Å²) in [4.78, 5) is 22.7. The van der Waals surface area contributed by atoms with Gasteiger partial charge in [-0.25, -0.2) is 4.57 Å². The molecule has 0 heterocycles. The van der Waals surface area contributed by atoms with Crippen molar-refractivity contribution in [1.29, 1.82) is 0 Å². The monoisotopic (exact) mass is 1000 g/mol. The van der Waals surface area contributed by atoms with Crippen LogP contribution in [0.2, 0.25) is 0 Å². The Morgan fingerprint density at radius 3 is 0.913 bits per heavy atom. The third-order valence-corrected chi connectivity index (χ3v) is 15.3. The van der Waals surface area contributed by atoms with Gasteiger partial charge in [-0.2, -0.15) is 0 Å². The van der Waals surface area contributed by atoms with Crippen LogP contribution in [0, 0.1) is 0 Å². The Balaban J connectivity index is 3.75. The molecule has 1 unspecified atom stereocenters. The molecular formula is C60H122NO7P. The fourth-order valence-electron chi connectivity index (χ4n) is 9.71. The third-order valence-electron chi connectivity index (χ3n) is 14.3. The van der Waals surface area contributed by atoms with Crippen molar-refractivity contribution in [3.05, 3.63) is 0 Å². The molecule has 0 saturated carbocycles. The number of rotatable bonds is 61. The molecule has 9 heteroatoms. The molecule has 8 nitrogen and oxygen atoms in total. The minimum absolute atomic E-state index is 0.0894. The zero-order valence-electron chi connectivity index (χ0n) is 46.6. The van der Waals surface area contributed by atoms with Crippen molar-refractivity contribution in [1.82, 2.24) is 0 Å². The lowest BCUT2D eigenvalue weighted by Gasteiger charge is -2.20. The smallest absolute Gasteiger partial charge is 0.457 e. The fourth-order valence-corrected chi connectivity index (χ4v) is 10.5. The number of carbonyl (C=O) groups excluding carboxylic acids is 1. The van der Waals surface area contributed by atoms with Crippen LogP contribution in [-0.4, -0.2) is 49.9 Å². The number of phosphoric ester groups is 1. The molecule has 0 aliphatic rings. The predicted octanol–water partition coefficient (Wildman–Crippen LogP) is 19.9. The van der Waals surface area contributed by atoms with Crippen LogP contribution in [0.25, 0.3) is 0 Å². The molecular weight excluding hydrogens is 878 g/mol. The third kappa shape index (κ3) is 58.3. The number of unbranched alkanes of at least 4 members (excludes halogenated alkanes) is 48. The fraction of sp³-hybridized carbons (Fsp3) is 0.983. The number of carbonyl (C=O) groups is 1. The molecule has 414 valence electrons. The molecule has 3 N–H and O–H groups in total. The van der Waals surface area contributed by atoms with Gasteiger partial charge >= 0.3 is 13.8 Å². The van der Waals surface area contributed by atoms with Gasteiger partial charge in [-0.05, 0) is 12.8 Å². The lowest BCUT2D eigenvalue weighted by atomic mass is 10.0. The SMILES string of the molecule is CCCCCCCCCCCCCCCCCCCCCCCCCCCCCCCCC(=O)O[C@H](COCCCCCCCCCCCCCCCCCCCCCC)COP(=O)(O)OCCN. The number of phosphoric acid groups is 1. The first-order chi connectivity index (χ1) is 33.9. The summed E-state index contributed by atoms with van der Waals surface area (Å²) < 4.78 is 33.7. The second-order valence-electron chi connectivity index (χ2n) is 21.3. The van der Waals surface area contributed by atoms with Gasteiger partial charge in [0, 0.05) is 19.6 Å². The molecule has 0 aliphatic heterocycles. The minimum atomic E-state index is -4.28. The van der Waals surface area contributed by atoms with E-state index in [0.717, 1.165) is 32.1 Å². The first kappa shape index (κ1) is 68.5. The number of hydrogen-bond donors (Lipinski definition) is 2. The maximum Gasteiger partial charge on any atom is 0.472 e. The lowest BCUT2D eigenvalue weighted by molar-refractivity contribution is -0.154. The molecule has 0 amide bonds. The average molecular weight is 1000 g/mol. The maximum atomic E-state index is 12.7. The van der Waals surface area contributed by atoms with Gasteiger partial charge in [0.25, 0.3) is 0 Å². The van der Waals surface area contributed by atoms with Gasteiger partial charge in [-0.3, -0.25) is 13.8 Å². The van der Waals surface area contributed by atoms with Crippen molar-refractivity contribution in [2.75, 3.05) is 33.0 Å². The standard InChI is InChI=1S/C60H122NO7P/c1-3-5-7-9-11-13-15-17-19-21-23-25-26-27-28-29-30-31-32-33-34-35-37-39-41-43-45-47-49-51-53-60(62)68-59(58-67-69(63,64)66-56-54-61)57-65-55-52-50-48-46-44-42-40-38-36-24-22-20-18-16-14-12-10-8-6-4-2/h59H,3-58,61H2,1-2H3,(H,63,64)/t59-/m1/s1. The second kappa shape index (κ2) is 58.4. The summed E-state index contributed by atoms with van der Waals surface area (Å²) in [6.45, 7) is 5.03. The quantitative estimate of drug-likeness (QED) is 0.0351. The molecule has 0 radical (unpaired) electrons. The largest absolute Gasteiger partial charge is 0.472 e. The summed E-state index contributed by atoms with van der Waals surface area (Å²) in [5.41, 5.74) is 5.41. The zero-order chi connectivity index (χ0) is 50.1. The summed E-state index contributed by atoms with van der Waals surface area (Å²) in [6, 6.07) is 0. The Labute approximate surface area is 431 Å². The van der Waals surface area contributed by atoms with Crippen LogP contribution in [0.4, 0.5) is 0 Å². The highest BCUT2D eigenvalue weighted by atomic mass is 31.2. The highest BCUT2D eigenvalue weighted by Gasteiger charge is 2.25. The molecule has 0 aromatic carbocycles. The van der Waals surface area contributed by atoms with Crippen LogP contribution in [-0.2, 0) is 27.9 Å². The van der Waals surface area contributed by atoms with Crippen LogP contribution in [0.3, 0.4) is 0 Å². The highest BCUT2D eigenvalue weighted by Crippen LogP contribution is 2.43. The van der Waals surface area contributed by atoms with Crippen molar-refractivity contribution < 1.29 is 32.8 Å². The summed E-state index contributed by atoms with van der Waals surface area (Å²) >= 11 is 0. The molecule has 0 bridgehead atoms. The van der Waals surface area contributed by atoms with E-state index in [4.69, 9.17) is 24.3 Å². The Morgan fingerprint density at radius 1 is 0.377 bits per heavy atom. The molecule has 69 heavy (non-hydrogen) atoms. The van der Waals surface area contributed by atoms with Gasteiger partial charge in [0.05, 0.1) is 19.8 Å². The van der Waals surface area contributed by atoms with Crippen LogP contribution >= 0.6 is 7.82 Å². The van der Waals surface area contributed by atoms with E-state index >= 15 is 0 Å². The highest BCUT2D eigenvalue weighted by molar-refractivity contribution is 7.47. The second-order valence-corrected chi connectivity index (χ2v) is 22.7. The lowest BCUT2D eigenvalue weighted by Crippen LogP contribution is -2.28. The van der Waals surface area contributed by atoms with E-state index in [2.05, 4.69) is 13.8 Å². The average Bonchev–Trinajstić information content (AvgIpc) is 3.34. The van der Waals surface area contributed by atoms with E-state index in [1.54, 1.807) is 0 Å². The van der Waals surface area contributed by atoms with Crippen molar-refractivity contribution >= 4 is 13.8 Å². The molecule has 0 aromatic heterocycles. The topological polar surface area (TPSA) is 117 Å². The molecule has 0 spiro atoms. The zero-order valence-corrected chi connectivity index (χ0v) is 47.5. The van der Waals surface area contributed by atoms with Gasteiger partial charge in [0.2, 0.25) is 0 Å². The van der Waals surface area contributed by atoms with E-state index in [1.165, 1.54) is 289 Å². The minimum Gasteiger partial charge on any atom is -0.457 e. The normalized spacial score (nSPS) is 13.0.